The smallest absolute Gasteiger partial charge is 0.217 e. The number of rotatable bonds is 3. The number of hydrogen-bond donors (Lipinski definition) is 1. The zero-order valence-electron chi connectivity index (χ0n) is 8.54. The third kappa shape index (κ3) is 3.47. The summed E-state index contributed by atoms with van der Waals surface area (Å²) in [5, 5.41) is 2.76. The fourth-order valence-corrected chi connectivity index (χ4v) is 1.16. The van der Waals surface area contributed by atoms with Crippen LogP contribution in [0.5, 0.6) is 0 Å². The summed E-state index contributed by atoms with van der Waals surface area (Å²) < 4.78 is 5.09. The van der Waals surface area contributed by atoms with E-state index in [4.69, 9.17) is 4.74 Å². The van der Waals surface area contributed by atoms with Crippen molar-refractivity contribution in [2.24, 2.45) is 0 Å². The molecule has 3 heteroatoms. The van der Waals surface area contributed by atoms with Crippen molar-refractivity contribution in [2.45, 2.75) is 13.3 Å². The van der Waals surface area contributed by atoms with Crippen molar-refractivity contribution < 1.29 is 9.53 Å². The fourth-order valence-electron chi connectivity index (χ4n) is 1.16. The molecule has 1 amide bonds. The average molecular weight is 193 g/mol. The number of carbonyl (C=O) groups excluding carboxylic acids is 1. The van der Waals surface area contributed by atoms with Gasteiger partial charge >= 0.3 is 0 Å². The molecule has 0 saturated carbocycles. The molecule has 1 rings (SSSR count). The van der Waals surface area contributed by atoms with Crippen molar-refractivity contribution in [1.82, 2.24) is 5.32 Å². The van der Waals surface area contributed by atoms with Gasteiger partial charge < -0.3 is 10.1 Å². The number of ether oxygens (including phenoxy) is 1. The second-order valence-electron chi connectivity index (χ2n) is 3.11. The molecule has 0 aromatic carbocycles. The van der Waals surface area contributed by atoms with E-state index in [0.29, 0.717) is 6.54 Å². The van der Waals surface area contributed by atoms with E-state index in [2.05, 4.69) is 5.32 Å². The summed E-state index contributed by atoms with van der Waals surface area (Å²) in [4.78, 5) is 10.7. The molecule has 3 nitrogen and oxygen atoms in total. The summed E-state index contributed by atoms with van der Waals surface area (Å²) in [6, 6.07) is 0. The molecule has 76 valence electrons. The lowest BCUT2D eigenvalue weighted by molar-refractivity contribution is -0.118. The van der Waals surface area contributed by atoms with Gasteiger partial charge in [0.15, 0.2) is 0 Å². The molecule has 0 saturated heterocycles. The standard InChI is InChI=1S/C11H15NO2/c1-9(13)12-8-10-4-3-5-11(14-2)7-6-10/h3,5-7H,4,8H2,1-2H3,(H,12,13). The highest BCUT2D eigenvalue weighted by Gasteiger charge is 2.00. The number of amides is 1. The van der Waals surface area contributed by atoms with Crippen LogP contribution < -0.4 is 5.32 Å². The third-order valence-corrected chi connectivity index (χ3v) is 1.95. The second-order valence-corrected chi connectivity index (χ2v) is 3.11. The lowest BCUT2D eigenvalue weighted by Crippen LogP contribution is -2.22. The Morgan fingerprint density at radius 2 is 2.36 bits per heavy atom. The van der Waals surface area contributed by atoms with Crippen LogP contribution in [0.4, 0.5) is 0 Å². The van der Waals surface area contributed by atoms with Gasteiger partial charge in [0.05, 0.1) is 7.11 Å². The van der Waals surface area contributed by atoms with E-state index in [-0.39, 0.29) is 5.91 Å². The molecule has 0 fully saturated rings. The molecule has 0 aromatic rings. The van der Waals surface area contributed by atoms with Crippen LogP contribution >= 0.6 is 0 Å². The van der Waals surface area contributed by atoms with Crippen LogP contribution in [0.2, 0.25) is 0 Å². The Morgan fingerprint density at radius 1 is 1.57 bits per heavy atom. The molecule has 1 aliphatic carbocycles. The highest BCUT2D eigenvalue weighted by Crippen LogP contribution is 2.10. The van der Waals surface area contributed by atoms with Crippen LogP contribution in [0, 0.1) is 0 Å². The summed E-state index contributed by atoms with van der Waals surface area (Å²) in [6.45, 7) is 2.12. The van der Waals surface area contributed by atoms with Gasteiger partial charge in [0, 0.05) is 13.5 Å². The highest BCUT2D eigenvalue weighted by molar-refractivity contribution is 5.73. The van der Waals surface area contributed by atoms with Crippen molar-refractivity contribution in [1.29, 1.82) is 0 Å². The monoisotopic (exact) mass is 193 g/mol. The Kier molecular flexibility index (Phi) is 3.98. The molecule has 0 spiro atoms. The molecule has 1 N–H and O–H groups in total. The van der Waals surface area contributed by atoms with Gasteiger partial charge in [-0.05, 0) is 24.1 Å². The highest BCUT2D eigenvalue weighted by atomic mass is 16.5. The SMILES string of the molecule is COC1=CC=C(CNC(C)=O)CC=C1. The molecule has 0 aliphatic heterocycles. The van der Waals surface area contributed by atoms with Crippen molar-refractivity contribution >= 4 is 5.91 Å². The van der Waals surface area contributed by atoms with E-state index in [9.17, 15) is 4.79 Å². The Hall–Kier alpha value is -1.51. The minimum Gasteiger partial charge on any atom is -0.497 e. The summed E-state index contributed by atoms with van der Waals surface area (Å²) in [6.07, 6.45) is 8.69. The number of carbonyl (C=O) groups is 1. The maximum Gasteiger partial charge on any atom is 0.217 e. The third-order valence-electron chi connectivity index (χ3n) is 1.95. The van der Waals surface area contributed by atoms with Crippen molar-refractivity contribution in [3.63, 3.8) is 0 Å². The summed E-state index contributed by atoms with van der Waals surface area (Å²) in [7, 11) is 1.64. The largest absolute Gasteiger partial charge is 0.497 e. The molecule has 0 unspecified atom stereocenters. The minimum absolute atomic E-state index is 0.00456. The summed E-state index contributed by atoms with van der Waals surface area (Å²) in [5.74, 6) is 0.831. The molecule has 1 aliphatic rings. The van der Waals surface area contributed by atoms with E-state index < -0.39 is 0 Å². The number of hydrogen-bond acceptors (Lipinski definition) is 2. The van der Waals surface area contributed by atoms with Gasteiger partial charge in [0.1, 0.15) is 5.76 Å². The van der Waals surface area contributed by atoms with Crippen molar-refractivity contribution in [2.75, 3.05) is 13.7 Å². The molecular formula is C11H15NO2. The van der Waals surface area contributed by atoms with Gasteiger partial charge in [-0.2, -0.15) is 0 Å². The van der Waals surface area contributed by atoms with Gasteiger partial charge in [-0.1, -0.05) is 12.2 Å². The fraction of sp³-hybridized carbons (Fsp3) is 0.364. The van der Waals surface area contributed by atoms with Gasteiger partial charge in [-0.3, -0.25) is 4.79 Å². The quantitative estimate of drug-likeness (QED) is 0.738. The van der Waals surface area contributed by atoms with E-state index in [1.165, 1.54) is 12.5 Å². The van der Waals surface area contributed by atoms with E-state index >= 15 is 0 Å². The molecule has 14 heavy (non-hydrogen) atoms. The van der Waals surface area contributed by atoms with Crippen LogP contribution in [0.15, 0.2) is 35.6 Å². The normalized spacial score (nSPS) is 15.3. The van der Waals surface area contributed by atoms with Crippen LogP contribution in [0.1, 0.15) is 13.3 Å². The average Bonchev–Trinajstić information content (AvgIpc) is 2.39. The van der Waals surface area contributed by atoms with Crippen molar-refractivity contribution in [3.05, 3.63) is 35.6 Å². The van der Waals surface area contributed by atoms with Crippen LogP contribution in [-0.4, -0.2) is 19.6 Å². The Morgan fingerprint density at radius 3 is 3.00 bits per heavy atom. The maximum absolute atomic E-state index is 10.7. The predicted molar refractivity (Wildman–Crippen MR) is 55.6 cm³/mol. The van der Waals surface area contributed by atoms with Crippen LogP contribution in [0.25, 0.3) is 0 Å². The molecule has 0 heterocycles. The van der Waals surface area contributed by atoms with Gasteiger partial charge in [-0.25, -0.2) is 0 Å². The lowest BCUT2D eigenvalue weighted by Gasteiger charge is -2.03. The molecule has 0 atom stereocenters. The second kappa shape index (κ2) is 5.27. The molecule has 0 aromatic heterocycles. The summed E-state index contributed by atoms with van der Waals surface area (Å²) >= 11 is 0. The first kappa shape index (κ1) is 10.6. The lowest BCUT2D eigenvalue weighted by atomic mass is 10.2. The van der Waals surface area contributed by atoms with Gasteiger partial charge in [0.25, 0.3) is 0 Å². The maximum atomic E-state index is 10.7. The first-order valence-electron chi connectivity index (χ1n) is 4.57. The Labute approximate surface area is 84.1 Å². The van der Waals surface area contributed by atoms with Gasteiger partial charge in [-0.15, -0.1) is 0 Å². The molecular weight excluding hydrogens is 178 g/mol. The molecule has 0 radical (unpaired) electrons. The number of nitrogens with one attached hydrogen (secondary N) is 1. The van der Waals surface area contributed by atoms with Crippen molar-refractivity contribution in [3.8, 4) is 0 Å². The van der Waals surface area contributed by atoms with E-state index in [1.807, 2.05) is 24.3 Å². The minimum atomic E-state index is -0.00456. The number of allylic oxidation sites excluding steroid dienone is 4. The first-order chi connectivity index (χ1) is 6.72. The Balaban J connectivity index is 2.55. The Bertz CT molecular complexity index is 300. The first-order valence-corrected chi connectivity index (χ1v) is 4.57. The van der Waals surface area contributed by atoms with E-state index in [0.717, 1.165) is 12.2 Å². The number of methoxy groups -OCH3 is 1. The van der Waals surface area contributed by atoms with Crippen LogP contribution in [-0.2, 0) is 9.53 Å². The molecule has 0 bridgehead atoms. The van der Waals surface area contributed by atoms with Gasteiger partial charge in [0.2, 0.25) is 5.91 Å². The zero-order chi connectivity index (χ0) is 10.4. The van der Waals surface area contributed by atoms with E-state index in [1.54, 1.807) is 7.11 Å². The zero-order valence-corrected chi connectivity index (χ0v) is 8.54. The summed E-state index contributed by atoms with van der Waals surface area (Å²) in [5.41, 5.74) is 1.17. The topological polar surface area (TPSA) is 38.3 Å². The van der Waals surface area contributed by atoms with Crippen LogP contribution in [0.3, 0.4) is 0 Å². The predicted octanol–water partition coefficient (Wildman–Crippen LogP) is 1.54.